The number of hydrogen-bond acceptors (Lipinski definition) is 3. The summed E-state index contributed by atoms with van der Waals surface area (Å²) in [4.78, 5) is 6.60. The highest BCUT2D eigenvalue weighted by molar-refractivity contribution is 5.49. The van der Waals surface area contributed by atoms with Crippen molar-refractivity contribution in [1.29, 1.82) is 0 Å². The Kier molecular flexibility index (Phi) is 2.13. The Morgan fingerprint density at radius 1 is 1.47 bits per heavy atom. The minimum Gasteiger partial charge on any atom is -0.390 e. The van der Waals surface area contributed by atoms with E-state index in [4.69, 9.17) is 5.11 Å². The Morgan fingerprint density at radius 3 is 3.07 bits per heavy atom. The second kappa shape index (κ2) is 3.49. The zero-order chi connectivity index (χ0) is 10.3. The van der Waals surface area contributed by atoms with E-state index in [9.17, 15) is 0 Å². The Labute approximate surface area is 89.7 Å². The van der Waals surface area contributed by atoms with Crippen molar-refractivity contribution in [2.75, 3.05) is 11.4 Å². The standard InChI is InChI=1S/C12H16N2O/c15-8-10-6-12(3-4-13-10)14-7-9-1-2-11(14)5-9/h3-4,6,9,11,15H,1-2,5,7-8H2. The molecule has 2 atom stereocenters. The Balaban J connectivity index is 1.86. The third-order valence-electron chi connectivity index (χ3n) is 3.70. The zero-order valence-electron chi connectivity index (χ0n) is 8.76. The average molecular weight is 204 g/mol. The third kappa shape index (κ3) is 1.51. The molecule has 1 aliphatic heterocycles. The highest BCUT2D eigenvalue weighted by atomic mass is 16.3. The lowest BCUT2D eigenvalue weighted by molar-refractivity contribution is 0.277. The number of aliphatic hydroxyl groups is 1. The molecular weight excluding hydrogens is 188 g/mol. The maximum Gasteiger partial charge on any atom is 0.0853 e. The molecule has 2 heterocycles. The molecule has 0 amide bonds. The lowest BCUT2D eigenvalue weighted by Gasteiger charge is -2.29. The van der Waals surface area contributed by atoms with E-state index in [0.29, 0.717) is 0 Å². The summed E-state index contributed by atoms with van der Waals surface area (Å²) in [5.41, 5.74) is 2.01. The molecule has 0 radical (unpaired) electrons. The maximum atomic E-state index is 9.06. The molecule has 1 aromatic heterocycles. The van der Waals surface area contributed by atoms with E-state index in [0.717, 1.165) is 17.7 Å². The van der Waals surface area contributed by atoms with E-state index >= 15 is 0 Å². The van der Waals surface area contributed by atoms with Gasteiger partial charge >= 0.3 is 0 Å². The van der Waals surface area contributed by atoms with Crippen molar-refractivity contribution in [3.05, 3.63) is 24.0 Å². The summed E-state index contributed by atoms with van der Waals surface area (Å²) in [7, 11) is 0. The average Bonchev–Trinajstić information content (AvgIpc) is 2.91. The predicted octanol–water partition coefficient (Wildman–Crippen LogP) is 1.56. The SMILES string of the molecule is OCc1cc(N2CC3CCC2C3)ccn1. The van der Waals surface area contributed by atoms with Crippen molar-refractivity contribution >= 4 is 5.69 Å². The number of nitrogens with zero attached hydrogens (tertiary/aromatic N) is 2. The monoisotopic (exact) mass is 204 g/mol. The summed E-state index contributed by atoms with van der Waals surface area (Å²) in [6.45, 7) is 1.23. The van der Waals surface area contributed by atoms with Crippen LogP contribution in [0.1, 0.15) is 25.0 Å². The fraction of sp³-hybridized carbons (Fsp3) is 0.583. The van der Waals surface area contributed by atoms with Crippen molar-refractivity contribution in [3.63, 3.8) is 0 Å². The summed E-state index contributed by atoms with van der Waals surface area (Å²) in [6, 6.07) is 4.81. The van der Waals surface area contributed by atoms with Gasteiger partial charge in [0.1, 0.15) is 0 Å². The molecule has 1 saturated carbocycles. The number of pyridine rings is 1. The third-order valence-corrected chi connectivity index (χ3v) is 3.70. The van der Waals surface area contributed by atoms with E-state index in [1.807, 2.05) is 6.07 Å². The second-order valence-corrected chi connectivity index (χ2v) is 4.65. The van der Waals surface area contributed by atoms with Gasteiger partial charge in [-0.3, -0.25) is 4.98 Å². The van der Waals surface area contributed by atoms with E-state index in [2.05, 4.69) is 16.0 Å². The molecule has 1 saturated heterocycles. The molecule has 3 heteroatoms. The van der Waals surface area contributed by atoms with Crippen LogP contribution in [0.15, 0.2) is 18.3 Å². The first kappa shape index (κ1) is 9.16. The summed E-state index contributed by atoms with van der Waals surface area (Å²) in [5, 5.41) is 9.06. The van der Waals surface area contributed by atoms with E-state index in [1.165, 1.54) is 31.5 Å². The van der Waals surface area contributed by atoms with Gasteiger partial charge in [0.2, 0.25) is 0 Å². The van der Waals surface area contributed by atoms with Crippen LogP contribution >= 0.6 is 0 Å². The highest BCUT2D eigenvalue weighted by Gasteiger charge is 2.37. The van der Waals surface area contributed by atoms with Crippen LogP contribution in [0.3, 0.4) is 0 Å². The molecule has 0 aromatic carbocycles. The first-order valence-corrected chi connectivity index (χ1v) is 5.69. The molecule has 80 valence electrons. The summed E-state index contributed by atoms with van der Waals surface area (Å²) in [5.74, 6) is 0.903. The fourth-order valence-electron chi connectivity index (χ4n) is 2.97. The molecule has 15 heavy (non-hydrogen) atoms. The molecule has 2 aliphatic rings. The fourth-order valence-corrected chi connectivity index (χ4v) is 2.97. The molecule has 2 unspecified atom stereocenters. The molecule has 0 spiro atoms. The van der Waals surface area contributed by atoms with Gasteiger partial charge < -0.3 is 10.0 Å². The van der Waals surface area contributed by atoms with Gasteiger partial charge in [-0.2, -0.15) is 0 Å². The quantitative estimate of drug-likeness (QED) is 0.794. The molecule has 1 aromatic rings. The smallest absolute Gasteiger partial charge is 0.0853 e. The largest absolute Gasteiger partial charge is 0.390 e. The number of rotatable bonds is 2. The van der Waals surface area contributed by atoms with Gasteiger partial charge in [-0.05, 0) is 37.3 Å². The van der Waals surface area contributed by atoms with Crippen LogP contribution < -0.4 is 4.90 Å². The minimum absolute atomic E-state index is 0.0375. The Hall–Kier alpha value is -1.09. The number of aliphatic hydroxyl groups excluding tert-OH is 1. The zero-order valence-corrected chi connectivity index (χ0v) is 8.76. The number of hydrogen-bond donors (Lipinski definition) is 1. The summed E-state index contributed by atoms with van der Waals surface area (Å²) < 4.78 is 0. The van der Waals surface area contributed by atoms with Crippen molar-refractivity contribution in [3.8, 4) is 0 Å². The van der Waals surface area contributed by atoms with Crippen LogP contribution in [0.2, 0.25) is 0 Å². The van der Waals surface area contributed by atoms with Crippen molar-refractivity contribution < 1.29 is 5.11 Å². The summed E-state index contributed by atoms with van der Waals surface area (Å²) in [6.07, 6.45) is 5.89. The van der Waals surface area contributed by atoms with Crippen LogP contribution in [0, 0.1) is 5.92 Å². The first-order valence-electron chi connectivity index (χ1n) is 5.69. The van der Waals surface area contributed by atoms with E-state index in [1.54, 1.807) is 6.20 Å². The van der Waals surface area contributed by atoms with Crippen LogP contribution in [-0.2, 0) is 6.61 Å². The van der Waals surface area contributed by atoms with Crippen molar-refractivity contribution in [2.45, 2.75) is 31.9 Å². The highest BCUT2D eigenvalue weighted by Crippen LogP contribution is 2.39. The number of piperidine rings is 1. The van der Waals surface area contributed by atoms with Gasteiger partial charge in [0, 0.05) is 24.5 Å². The molecule has 2 bridgehead atoms. The van der Waals surface area contributed by atoms with Crippen LogP contribution in [0.25, 0.3) is 0 Å². The number of aromatic nitrogens is 1. The van der Waals surface area contributed by atoms with E-state index < -0.39 is 0 Å². The molecule has 2 fully saturated rings. The maximum absolute atomic E-state index is 9.06. The molecule has 1 N–H and O–H groups in total. The van der Waals surface area contributed by atoms with Crippen molar-refractivity contribution in [1.82, 2.24) is 4.98 Å². The molecule has 3 nitrogen and oxygen atoms in total. The van der Waals surface area contributed by atoms with Gasteiger partial charge in [0.25, 0.3) is 0 Å². The first-order chi connectivity index (χ1) is 7.36. The van der Waals surface area contributed by atoms with Crippen molar-refractivity contribution in [2.24, 2.45) is 5.92 Å². The van der Waals surface area contributed by atoms with Crippen LogP contribution in [0.5, 0.6) is 0 Å². The van der Waals surface area contributed by atoms with Gasteiger partial charge in [-0.25, -0.2) is 0 Å². The second-order valence-electron chi connectivity index (χ2n) is 4.65. The Morgan fingerprint density at radius 2 is 2.40 bits per heavy atom. The lowest BCUT2D eigenvalue weighted by Crippen LogP contribution is -2.31. The molecule has 1 aliphatic carbocycles. The summed E-state index contributed by atoms with van der Waals surface area (Å²) >= 11 is 0. The normalized spacial score (nSPS) is 28.7. The predicted molar refractivity (Wildman–Crippen MR) is 58.6 cm³/mol. The molecule has 3 rings (SSSR count). The van der Waals surface area contributed by atoms with Crippen LogP contribution in [0.4, 0.5) is 5.69 Å². The van der Waals surface area contributed by atoms with Gasteiger partial charge in [-0.15, -0.1) is 0 Å². The van der Waals surface area contributed by atoms with Gasteiger partial charge in [0.05, 0.1) is 12.3 Å². The number of fused-ring (bicyclic) bond motifs is 2. The van der Waals surface area contributed by atoms with Crippen LogP contribution in [-0.4, -0.2) is 22.7 Å². The van der Waals surface area contributed by atoms with Gasteiger partial charge in [0.15, 0.2) is 0 Å². The lowest BCUT2D eigenvalue weighted by atomic mass is 10.1. The number of anilines is 1. The van der Waals surface area contributed by atoms with Gasteiger partial charge in [-0.1, -0.05) is 0 Å². The van der Waals surface area contributed by atoms with E-state index in [-0.39, 0.29) is 6.61 Å². The minimum atomic E-state index is 0.0375. The Bertz CT molecular complexity index is 366. The topological polar surface area (TPSA) is 36.4 Å². The molecular formula is C12H16N2O.